The Hall–Kier alpha value is -0.0800. The maximum Gasteiger partial charge on any atom is 0.129 e. The van der Waals surface area contributed by atoms with Crippen molar-refractivity contribution in [2.75, 3.05) is 26.8 Å². The fourth-order valence-electron chi connectivity index (χ4n) is 0.482. The minimum Gasteiger partial charge on any atom is -0.314 e. The molecule has 50 valence electrons. The Bertz CT molecular complexity index is 49.3. The third-order valence-electron chi connectivity index (χ3n) is 1.97. The van der Waals surface area contributed by atoms with Gasteiger partial charge in [0.05, 0.1) is 20.1 Å². The van der Waals surface area contributed by atoms with Gasteiger partial charge in [0.1, 0.15) is 6.67 Å². The summed E-state index contributed by atoms with van der Waals surface area (Å²) >= 11 is 0. The van der Waals surface area contributed by atoms with Crippen molar-refractivity contribution in [1.82, 2.24) is 0 Å². The zero-order valence-corrected chi connectivity index (χ0v) is 6.15. The van der Waals surface area contributed by atoms with Crippen LogP contribution >= 0.6 is 0 Å². The fourth-order valence-corrected chi connectivity index (χ4v) is 0.482. The summed E-state index contributed by atoms with van der Waals surface area (Å²) in [6.45, 7) is 7.35. The normalized spacial score (nSPS) is 12.0. The van der Waals surface area contributed by atoms with Crippen molar-refractivity contribution in [1.29, 1.82) is 0 Å². The average molecular weight is 117 g/mol. The van der Waals surface area contributed by atoms with Gasteiger partial charge in [-0.1, -0.05) is 0 Å². The molecule has 0 saturated heterocycles. The van der Waals surface area contributed by atoms with E-state index < -0.39 is 0 Å². The average Bonchev–Trinajstić information content (AvgIpc) is 1.87. The van der Waals surface area contributed by atoms with Gasteiger partial charge in [-0.15, -0.1) is 0 Å². The zero-order valence-electron chi connectivity index (χ0n) is 6.15. The predicted octanol–water partition coefficient (Wildman–Crippen LogP) is 0.389. The molecule has 0 aromatic carbocycles. The minimum atomic E-state index is 0.757. The van der Waals surface area contributed by atoms with Crippen LogP contribution in [0.2, 0.25) is 0 Å². The Balaban J connectivity index is 3.58. The van der Waals surface area contributed by atoms with Crippen LogP contribution in [-0.4, -0.2) is 31.3 Å². The molecule has 0 atom stereocenters. The van der Waals surface area contributed by atoms with E-state index in [0.29, 0.717) is 0 Å². The number of rotatable bonds is 3. The largest absolute Gasteiger partial charge is 0.314 e. The molecule has 0 fully saturated rings. The van der Waals surface area contributed by atoms with Crippen LogP contribution < -0.4 is 5.73 Å². The van der Waals surface area contributed by atoms with Gasteiger partial charge >= 0.3 is 0 Å². The first-order valence-corrected chi connectivity index (χ1v) is 3.22. The first kappa shape index (κ1) is 7.92. The smallest absolute Gasteiger partial charge is 0.129 e. The van der Waals surface area contributed by atoms with E-state index in [-0.39, 0.29) is 0 Å². The number of quaternary nitrogens is 1. The highest BCUT2D eigenvalue weighted by Gasteiger charge is 2.11. The molecule has 0 aliphatic heterocycles. The Morgan fingerprint density at radius 1 is 1.25 bits per heavy atom. The maximum atomic E-state index is 5.50. The second-order valence-corrected chi connectivity index (χ2v) is 2.43. The summed E-state index contributed by atoms with van der Waals surface area (Å²) in [5.41, 5.74) is 5.50. The molecule has 0 saturated carbocycles. The highest BCUT2D eigenvalue weighted by atomic mass is 15.4. The lowest BCUT2D eigenvalue weighted by atomic mass is 10.4. The van der Waals surface area contributed by atoms with E-state index in [1.54, 1.807) is 0 Å². The van der Waals surface area contributed by atoms with E-state index in [1.807, 2.05) is 0 Å². The van der Waals surface area contributed by atoms with Crippen molar-refractivity contribution in [3.63, 3.8) is 0 Å². The van der Waals surface area contributed by atoms with Crippen LogP contribution in [-0.2, 0) is 0 Å². The van der Waals surface area contributed by atoms with Gasteiger partial charge in [0, 0.05) is 0 Å². The summed E-state index contributed by atoms with van der Waals surface area (Å²) in [7, 11) is 2.17. The van der Waals surface area contributed by atoms with E-state index in [1.165, 1.54) is 0 Å². The maximum absolute atomic E-state index is 5.50. The third-order valence-corrected chi connectivity index (χ3v) is 1.97. The van der Waals surface area contributed by atoms with Crippen molar-refractivity contribution in [3.05, 3.63) is 0 Å². The molecule has 2 heteroatoms. The van der Waals surface area contributed by atoms with Crippen LogP contribution in [0.1, 0.15) is 13.8 Å². The summed E-state index contributed by atoms with van der Waals surface area (Å²) in [6.07, 6.45) is 0. The second-order valence-electron chi connectivity index (χ2n) is 2.43. The minimum absolute atomic E-state index is 0.757. The SMILES string of the molecule is CC[N+](C)(CC)CN. The van der Waals surface area contributed by atoms with Gasteiger partial charge < -0.3 is 4.48 Å². The highest BCUT2D eigenvalue weighted by Crippen LogP contribution is 1.94. The van der Waals surface area contributed by atoms with Crippen LogP contribution in [0, 0.1) is 0 Å². The number of hydrogen-bond acceptors (Lipinski definition) is 1. The first-order chi connectivity index (χ1) is 3.68. The van der Waals surface area contributed by atoms with Crippen molar-refractivity contribution in [3.8, 4) is 0 Å². The van der Waals surface area contributed by atoms with Crippen molar-refractivity contribution >= 4 is 0 Å². The van der Waals surface area contributed by atoms with Crippen LogP contribution in [0.5, 0.6) is 0 Å². The summed E-state index contributed by atoms with van der Waals surface area (Å²) in [6, 6.07) is 0. The standard InChI is InChI=1S/C6H17N2/c1-4-8(3,5-2)6-7/h4-7H2,1-3H3/q+1. The summed E-state index contributed by atoms with van der Waals surface area (Å²) in [4.78, 5) is 0. The molecular weight excluding hydrogens is 100 g/mol. The Kier molecular flexibility index (Phi) is 3.02. The number of nitrogens with two attached hydrogens (primary N) is 1. The Labute approximate surface area is 51.9 Å². The monoisotopic (exact) mass is 117 g/mol. The lowest BCUT2D eigenvalue weighted by Gasteiger charge is -2.29. The van der Waals surface area contributed by atoms with E-state index in [4.69, 9.17) is 5.73 Å². The van der Waals surface area contributed by atoms with Crippen molar-refractivity contribution in [2.45, 2.75) is 13.8 Å². The molecule has 0 amide bonds. The quantitative estimate of drug-likeness (QED) is 0.420. The molecule has 0 aromatic heterocycles. The van der Waals surface area contributed by atoms with Gasteiger partial charge in [-0.05, 0) is 13.8 Å². The number of nitrogens with zero attached hydrogens (tertiary/aromatic N) is 1. The molecule has 8 heavy (non-hydrogen) atoms. The topological polar surface area (TPSA) is 26.0 Å². The van der Waals surface area contributed by atoms with Crippen molar-refractivity contribution < 1.29 is 4.48 Å². The Morgan fingerprint density at radius 3 is 1.62 bits per heavy atom. The number of hydrogen-bond donors (Lipinski definition) is 1. The van der Waals surface area contributed by atoms with Crippen LogP contribution in [0.3, 0.4) is 0 Å². The molecule has 2 nitrogen and oxygen atoms in total. The molecule has 0 unspecified atom stereocenters. The van der Waals surface area contributed by atoms with Gasteiger partial charge in [-0.25, -0.2) is 0 Å². The molecule has 0 spiro atoms. The van der Waals surface area contributed by atoms with Gasteiger partial charge in [0.15, 0.2) is 0 Å². The van der Waals surface area contributed by atoms with Gasteiger partial charge in [0.25, 0.3) is 0 Å². The molecular formula is C6H17N2+. The van der Waals surface area contributed by atoms with Crippen LogP contribution in [0.4, 0.5) is 0 Å². The highest BCUT2D eigenvalue weighted by molar-refractivity contribution is 4.23. The van der Waals surface area contributed by atoms with E-state index in [0.717, 1.165) is 24.2 Å². The molecule has 0 heterocycles. The van der Waals surface area contributed by atoms with E-state index in [2.05, 4.69) is 20.9 Å². The fraction of sp³-hybridized carbons (Fsp3) is 1.00. The zero-order chi connectivity index (χ0) is 6.62. The molecule has 0 aromatic rings. The molecule has 0 radical (unpaired) electrons. The van der Waals surface area contributed by atoms with E-state index >= 15 is 0 Å². The lowest BCUT2D eigenvalue weighted by Crippen LogP contribution is -2.47. The first-order valence-electron chi connectivity index (χ1n) is 3.22. The predicted molar refractivity (Wildman–Crippen MR) is 36.3 cm³/mol. The van der Waals surface area contributed by atoms with Gasteiger partial charge in [0.2, 0.25) is 0 Å². The molecule has 0 bridgehead atoms. The van der Waals surface area contributed by atoms with Gasteiger partial charge in [-0.2, -0.15) is 0 Å². The summed E-state index contributed by atoms with van der Waals surface area (Å²) < 4.78 is 0.986. The van der Waals surface area contributed by atoms with Crippen LogP contribution in [0.15, 0.2) is 0 Å². The lowest BCUT2D eigenvalue weighted by molar-refractivity contribution is -0.905. The molecule has 0 rings (SSSR count). The summed E-state index contributed by atoms with van der Waals surface area (Å²) in [5, 5.41) is 0. The third kappa shape index (κ3) is 1.80. The second kappa shape index (κ2) is 3.05. The molecule has 2 N–H and O–H groups in total. The van der Waals surface area contributed by atoms with Gasteiger partial charge in [-0.3, -0.25) is 5.73 Å². The van der Waals surface area contributed by atoms with E-state index in [9.17, 15) is 0 Å². The van der Waals surface area contributed by atoms with Crippen molar-refractivity contribution in [2.24, 2.45) is 5.73 Å². The Morgan fingerprint density at radius 2 is 1.62 bits per heavy atom. The molecule has 0 aliphatic rings. The summed E-state index contributed by atoms with van der Waals surface area (Å²) in [5.74, 6) is 0. The molecule has 0 aliphatic carbocycles. The van der Waals surface area contributed by atoms with Crippen LogP contribution in [0.25, 0.3) is 0 Å².